The molecule has 1 rings (SSSR count). The highest BCUT2D eigenvalue weighted by molar-refractivity contribution is 4.88. The van der Waals surface area contributed by atoms with E-state index in [4.69, 9.17) is 5.73 Å². The molecule has 1 heterocycles. The van der Waals surface area contributed by atoms with Gasteiger partial charge in [-0.3, -0.25) is 4.68 Å². The highest BCUT2D eigenvalue weighted by Gasteiger charge is 1.97. The minimum absolute atomic E-state index is 0.418. The summed E-state index contributed by atoms with van der Waals surface area (Å²) in [5.74, 6) is 1.60. The van der Waals surface area contributed by atoms with Crippen molar-refractivity contribution in [3.8, 4) is 0 Å². The Bertz CT molecular complexity index is 186. The highest BCUT2D eigenvalue weighted by Crippen LogP contribution is 1.91. The molecule has 0 amide bonds. The van der Waals surface area contributed by atoms with Gasteiger partial charge in [0.05, 0.1) is 6.54 Å². The molecule has 0 unspecified atom stereocenters. The predicted molar refractivity (Wildman–Crippen MR) is 56.3 cm³/mol. The van der Waals surface area contributed by atoms with Gasteiger partial charge in [-0.25, -0.2) is 4.98 Å². The maximum atomic E-state index is 5.29. The Hall–Kier alpha value is -0.900. The first-order chi connectivity index (χ1) is 6.24. The Morgan fingerprint density at radius 2 is 1.69 bits per heavy atom. The van der Waals surface area contributed by atoms with Crippen molar-refractivity contribution in [3.05, 3.63) is 11.6 Å². The largest absolute Gasteiger partial charge is 0.324 e. The molecule has 0 saturated heterocycles. The molecule has 0 fully saturated rings. The molecule has 0 aliphatic carbocycles. The SMILES string of the molecule is CC.CC.Cc1nc(CN)nn1C. The van der Waals surface area contributed by atoms with E-state index in [1.54, 1.807) is 4.68 Å². The van der Waals surface area contributed by atoms with Crippen LogP contribution in [0.5, 0.6) is 0 Å². The van der Waals surface area contributed by atoms with E-state index in [9.17, 15) is 0 Å². The minimum Gasteiger partial charge on any atom is -0.324 e. The van der Waals surface area contributed by atoms with Gasteiger partial charge in [0.15, 0.2) is 5.82 Å². The third-order valence-corrected chi connectivity index (χ3v) is 1.21. The lowest BCUT2D eigenvalue weighted by atomic mass is 10.6. The van der Waals surface area contributed by atoms with Gasteiger partial charge >= 0.3 is 0 Å². The Morgan fingerprint density at radius 1 is 1.23 bits per heavy atom. The van der Waals surface area contributed by atoms with Crippen molar-refractivity contribution in [2.24, 2.45) is 12.8 Å². The zero-order valence-corrected chi connectivity index (χ0v) is 9.63. The molecule has 4 nitrogen and oxygen atoms in total. The van der Waals surface area contributed by atoms with Gasteiger partial charge in [0.25, 0.3) is 0 Å². The van der Waals surface area contributed by atoms with Crippen molar-refractivity contribution >= 4 is 0 Å². The van der Waals surface area contributed by atoms with Gasteiger partial charge in [0.1, 0.15) is 5.82 Å². The number of aromatic nitrogens is 3. The third kappa shape index (κ3) is 5.36. The average molecular weight is 186 g/mol. The molecule has 0 spiro atoms. The van der Waals surface area contributed by atoms with Crippen LogP contribution in [0, 0.1) is 6.92 Å². The smallest absolute Gasteiger partial charge is 0.164 e. The second-order valence-corrected chi connectivity index (χ2v) is 1.90. The van der Waals surface area contributed by atoms with Gasteiger partial charge in [0.2, 0.25) is 0 Å². The monoisotopic (exact) mass is 186 g/mol. The van der Waals surface area contributed by atoms with Crippen molar-refractivity contribution in [2.45, 2.75) is 41.2 Å². The molecule has 0 saturated carbocycles. The Labute approximate surface area is 81.2 Å². The Kier molecular flexibility index (Phi) is 10.3. The molecule has 4 heteroatoms. The van der Waals surface area contributed by atoms with Gasteiger partial charge in [-0.15, -0.1) is 0 Å². The molecule has 1 aromatic rings. The van der Waals surface area contributed by atoms with E-state index in [1.165, 1.54) is 0 Å². The third-order valence-electron chi connectivity index (χ3n) is 1.21. The summed E-state index contributed by atoms with van der Waals surface area (Å²) in [6.45, 7) is 10.3. The van der Waals surface area contributed by atoms with E-state index in [1.807, 2.05) is 41.7 Å². The van der Waals surface area contributed by atoms with E-state index in [0.717, 1.165) is 5.82 Å². The number of hydrogen-bond donors (Lipinski definition) is 1. The lowest BCUT2D eigenvalue weighted by molar-refractivity contribution is 0.720. The molecule has 78 valence electrons. The molecule has 0 atom stereocenters. The fourth-order valence-corrected chi connectivity index (χ4v) is 0.613. The van der Waals surface area contributed by atoms with Gasteiger partial charge in [0, 0.05) is 7.05 Å². The van der Waals surface area contributed by atoms with E-state index < -0.39 is 0 Å². The van der Waals surface area contributed by atoms with Crippen LogP contribution < -0.4 is 5.73 Å². The van der Waals surface area contributed by atoms with Crippen molar-refractivity contribution in [3.63, 3.8) is 0 Å². The highest BCUT2D eigenvalue weighted by atomic mass is 15.3. The van der Waals surface area contributed by atoms with Crippen molar-refractivity contribution in [1.29, 1.82) is 0 Å². The number of rotatable bonds is 1. The number of aryl methyl sites for hydroxylation is 2. The second-order valence-electron chi connectivity index (χ2n) is 1.90. The lowest BCUT2D eigenvalue weighted by Gasteiger charge is -1.85. The molecule has 0 aromatic carbocycles. The van der Waals surface area contributed by atoms with Crippen molar-refractivity contribution in [1.82, 2.24) is 14.8 Å². The molecule has 0 radical (unpaired) electrons. The molecule has 1 aromatic heterocycles. The lowest BCUT2D eigenvalue weighted by Crippen LogP contribution is -1.99. The molecule has 0 bridgehead atoms. The molecular formula is C9H22N4. The normalized spacial score (nSPS) is 7.92. The first-order valence-electron chi connectivity index (χ1n) is 4.80. The second kappa shape index (κ2) is 9.19. The first-order valence-corrected chi connectivity index (χ1v) is 4.80. The Morgan fingerprint density at radius 3 is 1.85 bits per heavy atom. The van der Waals surface area contributed by atoms with Crippen LogP contribution in [0.3, 0.4) is 0 Å². The summed E-state index contributed by atoms with van der Waals surface area (Å²) < 4.78 is 1.71. The van der Waals surface area contributed by atoms with E-state index in [-0.39, 0.29) is 0 Å². The van der Waals surface area contributed by atoms with Gasteiger partial charge in [-0.2, -0.15) is 5.10 Å². The number of hydrogen-bond acceptors (Lipinski definition) is 3. The zero-order valence-electron chi connectivity index (χ0n) is 9.63. The maximum Gasteiger partial charge on any atom is 0.164 e. The fraction of sp³-hybridized carbons (Fsp3) is 0.778. The van der Waals surface area contributed by atoms with E-state index >= 15 is 0 Å². The van der Waals surface area contributed by atoms with Gasteiger partial charge in [-0.1, -0.05) is 27.7 Å². The molecule has 2 N–H and O–H groups in total. The topological polar surface area (TPSA) is 56.7 Å². The minimum atomic E-state index is 0.418. The summed E-state index contributed by atoms with van der Waals surface area (Å²) in [6, 6.07) is 0. The summed E-state index contributed by atoms with van der Waals surface area (Å²) in [4.78, 5) is 4.06. The van der Waals surface area contributed by atoms with E-state index in [0.29, 0.717) is 12.4 Å². The van der Waals surface area contributed by atoms with Crippen LogP contribution in [0.15, 0.2) is 0 Å². The average Bonchev–Trinajstić information content (AvgIpc) is 2.53. The van der Waals surface area contributed by atoms with Crippen LogP contribution in [-0.2, 0) is 13.6 Å². The summed E-state index contributed by atoms with van der Waals surface area (Å²) in [7, 11) is 1.85. The summed E-state index contributed by atoms with van der Waals surface area (Å²) in [5.41, 5.74) is 5.29. The van der Waals surface area contributed by atoms with Gasteiger partial charge in [-0.05, 0) is 6.92 Å². The van der Waals surface area contributed by atoms with Crippen molar-refractivity contribution in [2.75, 3.05) is 0 Å². The predicted octanol–water partition coefficient (Wildman–Crippen LogP) is 1.63. The fourth-order valence-electron chi connectivity index (χ4n) is 0.613. The number of nitrogens with two attached hydrogens (primary N) is 1. The maximum absolute atomic E-state index is 5.29. The van der Waals surface area contributed by atoms with Crippen LogP contribution in [-0.4, -0.2) is 14.8 Å². The summed E-state index contributed by atoms with van der Waals surface area (Å²) in [5, 5.41) is 4.01. The van der Waals surface area contributed by atoms with Crippen LogP contribution in [0.2, 0.25) is 0 Å². The van der Waals surface area contributed by atoms with Crippen LogP contribution in [0.4, 0.5) is 0 Å². The van der Waals surface area contributed by atoms with Crippen molar-refractivity contribution < 1.29 is 0 Å². The summed E-state index contributed by atoms with van der Waals surface area (Å²) >= 11 is 0. The van der Waals surface area contributed by atoms with E-state index in [2.05, 4.69) is 10.1 Å². The van der Waals surface area contributed by atoms with Crippen LogP contribution in [0.1, 0.15) is 39.3 Å². The quantitative estimate of drug-likeness (QED) is 0.725. The molecule has 13 heavy (non-hydrogen) atoms. The van der Waals surface area contributed by atoms with Gasteiger partial charge < -0.3 is 5.73 Å². The van der Waals surface area contributed by atoms with Crippen LogP contribution >= 0.6 is 0 Å². The number of nitrogens with zero attached hydrogens (tertiary/aromatic N) is 3. The molecular weight excluding hydrogens is 164 g/mol. The molecule has 0 aliphatic heterocycles. The van der Waals surface area contributed by atoms with Crippen LogP contribution in [0.25, 0.3) is 0 Å². The molecule has 0 aliphatic rings. The summed E-state index contributed by atoms with van der Waals surface area (Å²) in [6.07, 6.45) is 0. The standard InChI is InChI=1S/C5H10N4.2C2H6/c1-4-7-5(3-6)8-9(4)2;2*1-2/h3,6H2,1-2H3;2*1-2H3. The Balaban J connectivity index is 0. The zero-order chi connectivity index (χ0) is 10.9. The first kappa shape index (κ1) is 14.6.